The van der Waals surface area contributed by atoms with Gasteiger partial charge in [-0.3, -0.25) is 14.1 Å². The van der Waals surface area contributed by atoms with Crippen molar-refractivity contribution in [2.24, 2.45) is 0 Å². The number of aryl methyl sites for hydroxylation is 1. The Hall–Kier alpha value is -1.87. The zero-order chi connectivity index (χ0) is 15.8. The second kappa shape index (κ2) is 5.49. The van der Waals surface area contributed by atoms with E-state index in [4.69, 9.17) is 0 Å². The maximum atomic E-state index is 12.5. The zero-order valence-corrected chi connectivity index (χ0v) is 13.6. The van der Waals surface area contributed by atoms with E-state index in [0.29, 0.717) is 5.69 Å². The van der Waals surface area contributed by atoms with Gasteiger partial charge in [-0.15, -0.1) is 0 Å². The Labute approximate surface area is 128 Å². The summed E-state index contributed by atoms with van der Waals surface area (Å²) in [5.41, 5.74) is -1.31. The maximum absolute atomic E-state index is 12.5. The van der Waals surface area contributed by atoms with Crippen molar-refractivity contribution in [2.45, 2.75) is 11.8 Å². The number of sulfonamides is 1. The van der Waals surface area contributed by atoms with Crippen molar-refractivity contribution in [1.82, 2.24) is 9.97 Å². The lowest BCUT2D eigenvalue weighted by atomic mass is 10.3. The second-order valence-corrected chi connectivity index (χ2v) is 7.13. The van der Waals surface area contributed by atoms with Gasteiger partial charge in [0.1, 0.15) is 0 Å². The van der Waals surface area contributed by atoms with Crippen molar-refractivity contribution in [3.63, 3.8) is 0 Å². The van der Waals surface area contributed by atoms with Crippen LogP contribution in [0.4, 0.5) is 5.69 Å². The van der Waals surface area contributed by atoms with Crippen LogP contribution in [0.2, 0.25) is 0 Å². The number of benzene rings is 1. The van der Waals surface area contributed by atoms with Crippen molar-refractivity contribution in [3.05, 3.63) is 55.3 Å². The second-order valence-electron chi connectivity index (χ2n) is 4.31. The van der Waals surface area contributed by atoms with E-state index in [1.54, 1.807) is 24.3 Å². The van der Waals surface area contributed by atoms with Crippen LogP contribution in [0.15, 0.2) is 43.2 Å². The van der Waals surface area contributed by atoms with Gasteiger partial charge in [-0.05, 0) is 31.2 Å². The summed E-state index contributed by atoms with van der Waals surface area (Å²) >= 11 is 3.26. The summed E-state index contributed by atoms with van der Waals surface area (Å²) in [4.78, 5) is 26.7. The van der Waals surface area contributed by atoms with Crippen LogP contribution < -0.4 is 15.6 Å². The van der Waals surface area contributed by atoms with E-state index >= 15 is 0 Å². The molecule has 2 N–H and O–H groups in total. The number of nitrogens with one attached hydrogen (secondary N) is 2. The molecule has 0 fully saturated rings. The number of nitrogens with zero attached hydrogens (tertiary/aromatic N) is 1. The molecule has 21 heavy (non-hydrogen) atoms. The summed E-state index contributed by atoms with van der Waals surface area (Å²) in [6.07, 6.45) is 0. The summed E-state index contributed by atoms with van der Waals surface area (Å²) < 4.78 is 26.9. The minimum absolute atomic E-state index is 0.00675. The number of H-pyrrole nitrogens is 2. The lowest BCUT2D eigenvalue weighted by Gasteiger charge is -2.19. The number of hydrogen-bond donors (Lipinski definition) is 2. The van der Waals surface area contributed by atoms with Gasteiger partial charge < -0.3 is 4.98 Å². The van der Waals surface area contributed by atoms with E-state index in [9.17, 15) is 18.0 Å². The molecule has 1 aromatic heterocycles. The summed E-state index contributed by atoms with van der Waals surface area (Å²) in [5.74, 6) is 0. The number of anilines is 1. The van der Waals surface area contributed by atoms with Gasteiger partial charge in [0.05, 0.1) is 5.69 Å². The third-order valence-electron chi connectivity index (χ3n) is 2.88. The molecule has 2 rings (SSSR count). The first-order chi connectivity index (χ1) is 9.73. The topological polar surface area (TPSA) is 103 Å². The summed E-state index contributed by atoms with van der Waals surface area (Å²) in [6.45, 7) is 1.36. The number of aromatic amines is 2. The Bertz CT molecular complexity index is 884. The van der Waals surface area contributed by atoms with Gasteiger partial charge in [-0.2, -0.15) is 0 Å². The SMILES string of the molecule is Cc1[nH]c(=O)[nH]c(=O)c1S(=O)(=O)N(C)c1ccc(Br)cc1. The molecule has 112 valence electrons. The Kier molecular flexibility index (Phi) is 4.06. The van der Waals surface area contributed by atoms with Gasteiger partial charge >= 0.3 is 5.69 Å². The third-order valence-corrected chi connectivity index (χ3v) is 5.35. The Morgan fingerprint density at radius 3 is 2.19 bits per heavy atom. The van der Waals surface area contributed by atoms with E-state index in [0.717, 1.165) is 8.78 Å². The Morgan fingerprint density at radius 1 is 1.10 bits per heavy atom. The van der Waals surface area contributed by atoms with Crippen LogP contribution in [-0.4, -0.2) is 25.4 Å². The van der Waals surface area contributed by atoms with E-state index in [1.165, 1.54) is 14.0 Å². The highest BCUT2D eigenvalue weighted by Gasteiger charge is 2.27. The molecule has 0 spiro atoms. The predicted molar refractivity (Wildman–Crippen MR) is 82.2 cm³/mol. The molecule has 0 saturated heterocycles. The van der Waals surface area contributed by atoms with Crippen LogP contribution in [0.1, 0.15) is 5.69 Å². The summed E-state index contributed by atoms with van der Waals surface area (Å²) in [6, 6.07) is 6.56. The van der Waals surface area contributed by atoms with Crippen molar-refractivity contribution in [1.29, 1.82) is 0 Å². The monoisotopic (exact) mass is 373 g/mol. The van der Waals surface area contributed by atoms with Gasteiger partial charge in [0.15, 0.2) is 4.90 Å². The van der Waals surface area contributed by atoms with Crippen molar-refractivity contribution in [2.75, 3.05) is 11.4 Å². The molecule has 0 bridgehead atoms. The molecule has 0 aliphatic heterocycles. The van der Waals surface area contributed by atoms with Crippen molar-refractivity contribution in [3.8, 4) is 0 Å². The van der Waals surface area contributed by atoms with Crippen molar-refractivity contribution >= 4 is 31.6 Å². The molecule has 9 heteroatoms. The lowest BCUT2D eigenvalue weighted by molar-refractivity contribution is 0.591. The number of hydrogen-bond acceptors (Lipinski definition) is 4. The van der Waals surface area contributed by atoms with Gasteiger partial charge in [0, 0.05) is 17.2 Å². The number of aromatic nitrogens is 2. The number of rotatable bonds is 3. The molecule has 0 aliphatic rings. The molecule has 0 aliphatic carbocycles. The van der Waals surface area contributed by atoms with Crippen LogP contribution >= 0.6 is 15.9 Å². The molecule has 1 aromatic carbocycles. The molecular weight excluding hydrogens is 362 g/mol. The molecule has 0 atom stereocenters. The fraction of sp³-hybridized carbons (Fsp3) is 0.167. The summed E-state index contributed by atoms with van der Waals surface area (Å²) in [5, 5.41) is 0. The largest absolute Gasteiger partial charge is 0.325 e. The van der Waals surface area contributed by atoms with Crippen molar-refractivity contribution < 1.29 is 8.42 Å². The Balaban J connectivity index is 2.60. The van der Waals surface area contributed by atoms with Crippen LogP contribution in [0, 0.1) is 6.92 Å². The molecule has 7 nitrogen and oxygen atoms in total. The average Bonchev–Trinajstić information content (AvgIpc) is 2.37. The molecule has 0 radical (unpaired) electrons. The fourth-order valence-corrected chi connectivity index (χ4v) is 3.49. The minimum Gasteiger partial charge on any atom is -0.310 e. The van der Waals surface area contributed by atoms with Crippen LogP contribution in [0.25, 0.3) is 0 Å². The Morgan fingerprint density at radius 2 is 1.67 bits per heavy atom. The molecule has 2 aromatic rings. The first-order valence-corrected chi connectivity index (χ1v) is 8.04. The molecule has 1 heterocycles. The van der Waals surface area contributed by atoms with Gasteiger partial charge in [-0.1, -0.05) is 15.9 Å². The fourth-order valence-electron chi connectivity index (χ4n) is 1.83. The highest BCUT2D eigenvalue weighted by atomic mass is 79.9. The quantitative estimate of drug-likeness (QED) is 0.835. The van der Waals surface area contributed by atoms with E-state index in [2.05, 4.69) is 20.9 Å². The van der Waals surface area contributed by atoms with Gasteiger partial charge in [0.25, 0.3) is 15.6 Å². The predicted octanol–water partition coefficient (Wildman–Crippen LogP) is 0.959. The first-order valence-electron chi connectivity index (χ1n) is 5.81. The minimum atomic E-state index is -4.08. The molecular formula is C12H12BrN3O4S. The van der Waals surface area contributed by atoms with Gasteiger partial charge in [0.2, 0.25) is 0 Å². The van der Waals surface area contributed by atoms with Crippen LogP contribution in [0.5, 0.6) is 0 Å². The standard InChI is InChI=1S/C12H12BrN3O4S/c1-7-10(11(17)15-12(18)14-7)21(19,20)16(2)9-5-3-8(13)4-6-9/h3-6H,1-2H3,(H2,14,15,17,18). The normalized spacial score (nSPS) is 11.4. The first kappa shape index (κ1) is 15.5. The van der Waals surface area contributed by atoms with E-state index in [-0.39, 0.29) is 5.69 Å². The summed E-state index contributed by atoms with van der Waals surface area (Å²) in [7, 11) is -2.74. The molecule has 0 saturated carbocycles. The maximum Gasteiger partial charge on any atom is 0.325 e. The highest BCUT2D eigenvalue weighted by molar-refractivity contribution is 9.10. The smallest absolute Gasteiger partial charge is 0.310 e. The van der Waals surface area contributed by atoms with E-state index < -0.39 is 26.2 Å². The van der Waals surface area contributed by atoms with Crippen LogP contribution in [0.3, 0.4) is 0 Å². The van der Waals surface area contributed by atoms with E-state index in [1.807, 2.05) is 4.98 Å². The molecule has 0 unspecified atom stereocenters. The lowest BCUT2D eigenvalue weighted by Crippen LogP contribution is -2.36. The van der Waals surface area contributed by atoms with Crippen LogP contribution in [-0.2, 0) is 10.0 Å². The average molecular weight is 374 g/mol. The highest BCUT2D eigenvalue weighted by Crippen LogP contribution is 2.22. The van der Waals surface area contributed by atoms with Gasteiger partial charge in [-0.25, -0.2) is 13.2 Å². The molecule has 0 amide bonds. The third kappa shape index (κ3) is 2.93. The number of halogens is 1. The zero-order valence-electron chi connectivity index (χ0n) is 11.2.